The first-order valence-corrected chi connectivity index (χ1v) is 9.20. The van der Waals surface area contributed by atoms with Crippen molar-refractivity contribution in [1.29, 1.82) is 0 Å². The number of likely N-dealkylation sites (tertiary alicyclic amines) is 1. The summed E-state index contributed by atoms with van der Waals surface area (Å²) in [6.45, 7) is 10.4. The number of hydrogen-bond donors (Lipinski definition) is 0. The van der Waals surface area contributed by atoms with Gasteiger partial charge in [0, 0.05) is 6.42 Å². The quantitative estimate of drug-likeness (QED) is 0.730. The van der Waals surface area contributed by atoms with Crippen molar-refractivity contribution in [2.24, 2.45) is 0 Å². The van der Waals surface area contributed by atoms with Gasteiger partial charge in [0.15, 0.2) is 0 Å². The van der Waals surface area contributed by atoms with Gasteiger partial charge in [-0.1, -0.05) is 30.3 Å². The SMILES string of the molecule is CC(C)(C)OC(=O)[C@@H]1C[C@H](c2ccccc2)CC(=O)N1C(=O)OC(C)(C)C. The smallest absolute Gasteiger partial charge is 0.417 e. The predicted molar refractivity (Wildman–Crippen MR) is 101 cm³/mol. The average molecular weight is 375 g/mol. The van der Waals surface area contributed by atoms with Crippen molar-refractivity contribution in [3.05, 3.63) is 35.9 Å². The van der Waals surface area contributed by atoms with Gasteiger partial charge in [0.1, 0.15) is 17.2 Å². The van der Waals surface area contributed by atoms with Crippen LogP contribution in [-0.2, 0) is 19.1 Å². The number of esters is 1. The summed E-state index contributed by atoms with van der Waals surface area (Å²) >= 11 is 0. The van der Waals surface area contributed by atoms with Crippen LogP contribution in [0.25, 0.3) is 0 Å². The third-order valence-corrected chi connectivity index (χ3v) is 4.05. The van der Waals surface area contributed by atoms with E-state index in [0.717, 1.165) is 10.5 Å². The Labute approximate surface area is 160 Å². The van der Waals surface area contributed by atoms with Crippen LogP contribution in [0.2, 0.25) is 0 Å². The topological polar surface area (TPSA) is 72.9 Å². The zero-order chi connectivity index (χ0) is 20.4. The van der Waals surface area contributed by atoms with Crippen LogP contribution in [0.1, 0.15) is 65.9 Å². The van der Waals surface area contributed by atoms with Crippen LogP contribution in [0.15, 0.2) is 30.3 Å². The fourth-order valence-electron chi connectivity index (χ4n) is 3.03. The molecular formula is C21H29NO5. The van der Waals surface area contributed by atoms with Gasteiger partial charge in [-0.05, 0) is 59.4 Å². The van der Waals surface area contributed by atoms with Crippen LogP contribution in [0.3, 0.4) is 0 Å². The number of carbonyl (C=O) groups excluding carboxylic acids is 3. The molecule has 1 fully saturated rings. The molecule has 2 amide bonds. The Morgan fingerprint density at radius 3 is 2.04 bits per heavy atom. The fourth-order valence-corrected chi connectivity index (χ4v) is 3.03. The molecule has 0 radical (unpaired) electrons. The van der Waals surface area contributed by atoms with Gasteiger partial charge in [0.25, 0.3) is 0 Å². The Balaban J connectivity index is 2.32. The molecule has 6 heteroatoms. The molecule has 1 aliphatic rings. The Morgan fingerprint density at radius 2 is 1.52 bits per heavy atom. The lowest BCUT2D eigenvalue weighted by Gasteiger charge is -2.38. The summed E-state index contributed by atoms with van der Waals surface area (Å²) < 4.78 is 10.8. The van der Waals surface area contributed by atoms with Crippen LogP contribution < -0.4 is 0 Å². The van der Waals surface area contributed by atoms with Crippen molar-refractivity contribution in [3.8, 4) is 0 Å². The van der Waals surface area contributed by atoms with Gasteiger partial charge in [-0.3, -0.25) is 4.79 Å². The highest BCUT2D eigenvalue weighted by atomic mass is 16.6. The number of piperidine rings is 1. The standard InChI is InChI=1S/C21H29NO5/c1-20(2,3)26-18(24)16-12-15(14-10-8-7-9-11-14)13-17(23)22(16)19(25)27-21(4,5)6/h7-11,15-16H,12-13H2,1-6H3/t15-,16-/m0/s1. The lowest BCUT2D eigenvalue weighted by Crippen LogP contribution is -2.55. The minimum absolute atomic E-state index is 0.141. The molecule has 2 rings (SSSR count). The van der Waals surface area contributed by atoms with E-state index in [2.05, 4.69) is 0 Å². The molecule has 1 aliphatic heterocycles. The summed E-state index contributed by atoms with van der Waals surface area (Å²) in [5.74, 6) is -1.18. The number of rotatable bonds is 2. The minimum Gasteiger partial charge on any atom is -0.458 e. The van der Waals surface area contributed by atoms with Crippen molar-refractivity contribution < 1.29 is 23.9 Å². The van der Waals surface area contributed by atoms with Gasteiger partial charge in [-0.2, -0.15) is 0 Å². The first kappa shape index (κ1) is 20.9. The van der Waals surface area contributed by atoms with Gasteiger partial charge in [0.05, 0.1) is 0 Å². The van der Waals surface area contributed by atoms with Crippen molar-refractivity contribution in [2.75, 3.05) is 0 Å². The largest absolute Gasteiger partial charge is 0.458 e. The first-order chi connectivity index (χ1) is 12.4. The van der Waals surface area contributed by atoms with E-state index in [9.17, 15) is 14.4 Å². The van der Waals surface area contributed by atoms with E-state index in [1.807, 2.05) is 30.3 Å². The number of benzene rings is 1. The zero-order valence-electron chi connectivity index (χ0n) is 16.9. The lowest BCUT2D eigenvalue weighted by molar-refractivity contribution is -0.166. The molecular weight excluding hydrogens is 346 g/mol. The normalized spacial score (nSPS) is 21.0. The van der Waals surface area contributed by atoms with Gasteiger partial charge < -0.3 is 9.47 Å². The Morgan fingerprint density at radius 1 is 0.963 bits per heavy atom. The predicted octanol–water partition coefficient (Wildman–Crippen LogP) is 4.04. The number of amides is 2. The summed E-state index contributed by atoms with van der Waals surface area (Å²) in [6.07, 6.45) is -0.359. The van der Waals surface area contributed by atoms with E-state index in [1.165, 1.54) is 0 Å². The van der Waals surface area contributed by atoms with E-state index in [1.54, 1.807) is 41.5 Å². The molecule has 6 nitrogen and oxygen atoms in total. The van der Waals surface area contributed by atoms with Crippen LogP contribution in [0.5, 0.6) is 0 Å². The fraction of sp³-hybridized carbons (Fsp3) is 0.571. The number of imide groups is 1. The second-order valence-corrected chi connectivity index (χ2v) is 8.84. The van der Waals surface area contributed by atoms with Crippen LogP contribution in [0.4, 0.5) is 4.79 Å². The highest BCUT2D eigenvalue weighted by Crippen LogP contribution is 2.34. The number of carbonyl (C=O) groups is 3. The monoisotopic (exact) mass is 375 g/mol. The Hall–Kier alpha value is -2.37. The lowest BCUT2D eigenvalue weighted by atomic mass is 9.85. The van der Waals surface area contributed by atoms with E-state index >= 15 is 0 Å². The molecule has 0 aliphatic carbocycles. The molecule has 0 aromatic heterocycles. The van der Waals surface area contributed by atoms with Crippen molar-refractivity contribution >= 4 is 18.0 Å². The molecule has 1 aromatic carbocycles. The van der Waals surface area contributed by atoms with Crippen molar-refractivity contribution in [2.45, 2.75) is 77.5 Å². The molecule has 0 spiro atoms. The summed E-state index contributed by atoms with van der Waals surface area (Å²) in [6, 6.07) is 8.52. The zero-order valence-corrected chi connectivity index (χ0v) is 16.9. The van der Waals surface area contributed by atoms with E-state index in [0.29, 0.717) is 6.42 Å². The molecule has 0 N–H and O–H groups in total. The van der Waals surface area contributed by atoms with E-state index in [-0.39, 0.29) is 12.3 Å². The molecule has 1 heterocycles. The van der Waals surface area contributed by atoms with Gasteiger partial charge >= 0.3 is 12.1 Å². The molecule has 27 heavy (non-hydrogen) atoms. The molecule has 2 atom stereocenters. The minimum atomic E-state index is -1.01. The summed E-state index contributed by atoms with van der Waals surface area (Å²) in [7, 11) is 0. The third kappa shape index (κ3) is 5.81. The molecule has 1 saturated heterocycles. The van der Waals surface area contributed by atoms with Crippen LogP contribution >= 0.6 is 0 Å². The van der Waals surface area contributed by atoms with Gasteiger partial charge in [0.2, 0.25) is 5.91 Å². The molecule has 0 unspecified atom stereocenters. The second kappa shape index (κ2) is 7.71. The maximum atomic E-state index is 12.8. The van der Waals surface area contributed by atoms with E-state index in [4.69, 9.17) is 9.47 Å². The first-order valence-electron chi connectivity index (χ1n) is 9.20. The van der Waals surface area contributed by atoms with Gasteiger partial charge in [-0.15, -0.1) is 0 Å². The number of ether oxygens (including phenoxy) is 2. The van der Waals surface area contributed by atoms with Gasteiger partial charge in [-0.25, -0.2) is 14.5 Å². The summed E-state index contributed by atoms with van der Waals surface area (Å²) in [4.78, 5) is 39.1. The van der Waals surface area contributed by atoms with Crippen molar-refractivity contribution in [1.82, 2.24) is 4.90 Å². The Kier molecular flexibility index (Phi) is 5.97. The van der Waals surface area contributed by atoms with Crippen molar-refractivity contribution in [3.63, 3.8) is 0 Å². The van der Waals surface area contributed by atoms with E-state index < -0.39 is 35.2 Å². The highest BCUT2D eigenvalue weighted by molar-refractivity contribution is 5.98. The number of nitrogens with zero attached hydrogens (tertiary/aromatic N) is 1. The number of hydrogen-bond acceptors (Lipinski definition) is 5. The summed E-state index contributed by atoms with van der Waals surface area (Å²) in [5, 5.41) is 0. The highest BCUT2D eigenvalue weighted by Gasteiger charge is 2.45. The van der Waals surface area contributed by atoms with Crippen LogP contribution in [-0.4, -0.2) is 40.1 Å². The second-order valence-electron chi connectivity index (χ2n) is 8.84. The molecule has 0 saturated carbocycles. The van der Waals surface area contributed by atoms with Crippen LogP contribution in [0, 0.1) is 0 Å². The molecule has 148 valence electrons. The Bertz CT molecular complexity index is 700. The third-order valence-electron chi connectivity index (χ3n) is 4.05. The molecule has 1 aromatic rings. The maximum absolute atomic E-state index is 12.8. The summed E-state index contributed by atoms with van der Waals surface area (Å²) in [5.41, 5.74) is -0.533. The maximum Gasteiger partial charge on any atom is 0.417 e. The average Bonchev–Trinajstić information content (AvgIpc) is 2.51. The molecule has 0 bridgehead atoms.